The summed E-state index contributed by atoms with van der Waals surface area (Å²) >= 11 is 6.00. The molecule has 0 saturated heterocycles. The normalized spacial score (nSPS) is 14.8. The summed E-state index contributed by atoms with van der Waals surface area (Å²) in [6.45, 7) is 1.44. The van der Waals surface area contributed by atoms with Crippen LogP contribution in [0.5, 0.6) is 5.75 Å². The van der Waals surface area contributed by atoms with E-state index in [1.807, 2.05) is 0 Å². The molecule has 1 aromatic rings. The molecule has 6 heteroatoms. The van der Waals surface area contributed by atoms with Gasteiger partial charge in [0.1, 0.15) is 6.33 Å². The molecule has 1 saturated carbocycles. The van der Waals surface area contributed by atoms with Crippen molar-refractivity contribution in [2.45, 2.75) is 18.9 Å². The van der Waals surface area contributed by atoms with Gasteiger partial charge < -0.3 is 14.4 Å². The van der Waals surface area contributed by atoms with Crippen LogP contribution in [0.2, 0.25) is 5.15 Å². The average molecular weight is 258 g/mol. The number of rotatable bonds is 6. The number of halogens is 1. The lowest BCUT2D eigenvalue weighted by atomic mass is 10.4. The van der Waals surface area contributed by atoms with E-state index in [1.165, 1.54) is 19.2 Å². The van der Waals surface area contributed by atoms with Crippen LogP contribution in [0.1, 0.15) is 12.8 Å². The van der Waals surface area contributed by atoms with Crippen LogP contribution in [0.3, 0.4) is 0 Å². The number of anilines is 1. The summed E-state index contributed by atoms with van der Waals surface area (Å²) in [6.07, 6.45) is 3.81. The van der Waals surface area contributed by atoms with Gasteiger partial charge in [-0.05, 0) is 12.8 Å². The van der Waals surface area contributed by atoms with Crippen molar-refractivity contribution in [3.8, 4) is 5.75 Å². The van der Waals surface area contributed by atoms with Crippen molar-refractivity contribution in [2.24, 2.45) is 0 Å². The largest absolute Gasteiger partial charge is 0.490 e. The first-order chi connectivity index (χ1) is 8.27. The average Bonchev–Trinajstić information content (AvgIpc) is 3.14. The van der Waals surface area contributed by atoms with Crippen molar-refractivity contribution in [3.63, 3.8) is 0 Å². The molecule has 0 atom stereocenters. The van der Waals surface area contributed by atoms with Crippen LogP contribution in [-0.2, 0) is 4.74 Å². The molecule has 1 aliphatic rings. The molecule has 17 heavy (non-hydrogen) atoms. The number of hydrogen-bond donors (Lipinski definition) is 0. The minimum absolute atomic E-state index is 0.348. The molecule has 1 heterocycles. The second kappa shape index (κ2) is 5.51. The molecule has 0 aromatic carbocycles. The van der Waals surface area contributed by atoms with Crippen molar-refractivity contribution < 1.29 is 9.47 Å². The maximum Gasteiger partial charge on any atom is 0.199 e. The minimum Gasteiger partial charge on any atom is -0.490 e. The Labute approximate surface area is 106 Å². The first kappa shape index (κ1) is 12.4. The molecule has 0 amide bonds. The highest BCUT2D eigenvalue weighted by atomic mass is 35.5. The van der Waals surface area contributed by atoms with Gasteiger partial charge in [-0.25, -0.2) is 9.97 Å². The van der Waals surface area contributed by atoms with E-state index in [-0.39, 0.29) is 0 Å². The molecule has 0 N–H and O–H groups in total. The Hall–Kier alpha value is -1.07. The molecule has 2 rings (SSSR count). The first-order valence-electron chi connectivity index (χ1n) is 5.58. The van der Waals surface area contributed by atoms with Gasteiger partial charge in [-0.15, -0.1) is 0 Å². The molecular weight excluding hydrogens is 242 g/mol. The van der Waals surface area contributed by atoms with Crippen molar-refractivity contribution in [1.29, 1.82) is 0 Å². The fraction of sp³-hybridized carbons (Fsp3) is 0.636. The minimum atomic E-state index is 0.348. The topological polar surface area (TPSA) is 47.5 Å². The van der Waals surface area contributed by atoms with E-state index in [9.17, 15) is 0 Å². The fourth-order valence-corrected chi connectivity index (χ4v) is 1.97. The molecule has 1 aliphatic carbocycles. The number of methoxy groups -OCH3 is 2. The maximum absolute atomic E-state index is 6.00. The third-order valence-corrected chi connectivity index (χ3v) is 3.01. The molecule has 94 valence electrons. The van der Waals surface area contributed by atoms with E-state index in [0.29, 0.717) is 23.6 Å². The maximum atomic E-state index is 6.00. The zero-order valence-electron chi connectivity index (χ0n) is 10.0. The van der Waals surface area contributed by atoms with E-state index >= 15 is 0 Å². The van der Waals surface area contributed by atoms with E-state index in [0.717, 1.165) is 12.4 Å². The highest BCUT2D eigenvalue weighted by molar-refractivity contribution is 6.31. The van der Waals surface area contributed by atoms with Crippen LogP contribution in [-0.4, -0.2) is 43.4 Å². The van der Waals surface area contributed by atoms with E-state index in [4.69, 9.17) is 21.1 Å². The van der Waals surface area contributed by atoms with Gasteiger partial charge in [-0.2, -0.15) is 0 Å². The molecule has 0 aliphatic heterocycles. The van der Waals surface area contributed by atoms with Crippen LogP contribution < -0.4 is 9.64 Å². The van der Waals surface area contributed by atoms with Gasteiger partial charge in [0.2, 0.25) is 0 Å². The lowest BCUT2D eigenvalue weighted by molar-refractivity contribution is 0.204. The molecule has 1 aromatic heterocycles. The summed E-state index contributed by atoms with van der Waals surface area (Å²) in [6, 6.07) is 0.519. The Kier molecular flexibility index (Phi) is 4.02. The Balaban J connectivity index is 2.25. The summed E-state index contributed by atoms with van der Waals surface area (Å²) in [5.41, 5.74) is 0. The lowest BCUT2D eigenvalue weighted by Gasteiger charge is -2.24. The molecule has 0 radical (unpaired) electrons. The molecule has 1 fully saturated rings. The predicted octanol–water partition coefficient (Wildman–Crippen LogP) is 1.75. The summed E-state index contributed by atoms with van der Waals surface area (Å²) < 4.78 is 10.4. The van der Waals surface area contributed by atoms with Gasteiger partial charge in [0, 0.05) is 19.7 Å². The van der Waals surface area contributed by atoms with Crippen molar-refractivity contribution in [1.82, 2.24) is 9.97 Å². The second-order valence-electron chi connectivity index (χ2n) is 3.94. The van der Waals surface area contributed by atoms with Crippen molar-refractivity contribution in [3.05, 3.63) is 11.5 Å². The molecular formula is C11H16ClN3O2. The zero-order valence-corrected chi connectivity index (χ0v) is 10.8. The summed E-state index contributed by atoms with van der Waals surface area (Å²) in [4.78, 5) is 10.4. The third-order valence-electron chi connectivity index (χ3n) is 2.74. The summed E-state index contributed by atoms with van der Waals surface area (Å²) in [5, 5.41) is 0.348. The summed E-state index contributed by atoms with van der Waals surface area (Å²) in [5.74, 6) is 1.30. The molecule has 0 unspecified atom stereocenters. The highest BCUT2D eigenvalue weighted by Gasteiger charge is 2.32. The van der Waals surface area contributed by atoms with Gasteiger partial charge in [-0.3, -0.25) is 0 Å². The monoisotopic (exact) mass is 257 g/mol. The van der Waals surface area contributed by atoms with Gasteiger partial charge in [0.15, 0.2) is 16.7 Å². The van der Waals surface area contributed by atoms with Crippen molar-refractivity contribution in [2.75, 3.05) is 32.3 Å². The Bertz CT molecular complexity index is 385. The van der Waals surface area contributed by atoms with Gasteiger partial charge in [-0.1, -0.05) is 11.6 Å². The van der Waals surface area contributed by atoms with Crippen LogP contribution >= 0.6 is 11.6 Å². The quantitative estimate of drug-likeness (QED) is 0.727. The van der Waals surface area contributed by atoms with Gasteiger partial charge in [0.05, 0.1) is 13.7 Å². The molecule has 0 spiro atoms. The zero-order chi connectivity index (χ0) is 12.3. The number of nitrogens with zero attached hydrogens (tertiary/aromatic N) is 3. The molecule has 5 nitrogen and oxygen atoms in total. The smallest absolute Gasteiger partial charge is 0.199 e. The van der Waals surface area contributed by atoms with Crippen molar-refractivity contribution >= 4 is 17.4 Å². The van der Waals surface area contributed by atoms with Gasteiger partial charge >= 0.3 is 0 Å². The number of ether oxygens (including phenoxy) is 2. The first-order valence-corrected chi connectivity index (χ1v) is 5.95. The van der Waals surface area contributed by atoms with Gasteiger partial charge in [0.25, 0.3) is 0 Å². The van der Waals surface area contributed by atoms with Crippen LogP contribution in [0.15, 0.2) is 6.33 Å². The SMILES string of the molecule is COCCN(c1ncnc(Cl)c1OC)C1CC1. The standard InChI is InChI=1S/C11H16ClN3O2/c1-16-6-5-15(8-3-4-8)11-9(17-2)10(12)13-7-14-11/h7-8H,3-6H2,1-2H3. The second-order valence-corrected chi connectivity index (χ2v) is 4.30. The lowest BCUT2D eigenvalue weighted by Crippen LogP contribution is -2.30. The van der Waals surface area contributed by atoms with Crippen LogP contribution in [0, 0.1) is 0 Å². The summed E-state index contributed by atoms with van der Waals surface area (Å²) in [7, 11) is 3.27. The Morgan fingerprint density at radius 3 is 2.76 bits per heavy atom. The highest BCUT2D eigenvalue weighted by Crippen LogP contribution is 2.37. The number of hydrogen-bond acceptors (Lipinski definition) is 5. The van der Waals surface area contributed by atoms with Crippen LogP contribution in [0.25, 0.3) is 0 Å². The fourth-order valence-electron chi connectivity index (χ4n) is 1.76. The Morgan fingerprint density at radius 2 is 2.18 bits per heavy atom. The van der Waals surface area contributed by atoms with E-state index in [2.05, 4.69) is 14.9 Å². The Morgan fingerprint density at radius 1 is 1.41 bits per heavy atom. The van der Waals surface area contributed by atoms with E-state index in [1.54, 1.807) is 14.2 Å². The molecule has 0 bridgehead atoms. The third kappa shape index (κ3) is 2.79. The van der Waals surface area contributed by atoms with E-state index < -0.39 is 0 Å². The van der Waals surface area contributed by atoms with Crippen LogP contribution in [0.4, 0.5) is 5.82 Å². The number of aromatic nitrogens is 2. The predicted molar refractivity (Wildman–Crippen MR) is 65.8 cm³/mol.